The van der Waals surface area contributed by atoms with Gasteiger partial charge < -0.3 is 10.2 Å². The third-order valence-corrected chi connectivity index (χ3v) is 4.95. The van der Waals surface area contributed by atoms with Crippen LogP contribution in [0.1, 0.15) is 39.5 Å². The van der Waals surface area contributed by atoms with Crippen molar-refractivity contribution in [2.45, 2.75) is 45.6 Å². The average molecular weight is 283 g/mol. The summed E-state index contributed by atoms with van der Waals surface area (Å²) in [6.45, 7) is 5.60. The fraction of sp³-hybridized carbons (Fsp3) is 0.867. The molecule has 4 atom stereocenters. The maximum Gasteiger partial charge on any atom is 0.308 e. The van der Waals surface area contributed by atoms with Crippen molar-refractivity contribution < 1.29 is 19.8 Å². The molecule has 2 aliphatic rings. The number of carboxylic acids is 2. The van der Waals surface area contributed by atoms with E-state index in [0.717, 1.165) is 12.8 Å². The molecule has 1 saturated heterocycles. The van der Waals surface area contributed by atoms with E-state index in [-0.39, 0.29) is 0 Å². The molecule has 114 valence electrons. The number of hydrogen-bond acceptors (Lipinski definition) is 3. The van der Waals surface area contributed by atoms with Crippen LogP contribution in [0.2, 0.25) is 0 Å². The second-order valence-electron chi connectivity index (χ2n) is 6.74. The van der Waals surface area contributed by atoms with E-state index in [4.69, 9.17) is 5.11 Å². The molecule has 20 heavy (non-hydrogen) atoms. The topological polar surface area (TPSA) is 77.8 Å². The van der Waals surface area contributed by atoms with E-state index < -0.39 is 23.8 Å². The summed E-state index contributed by atoms with van der Waals surface area (Å²) in [6.07, 6.45) is 3.90. The van der Waals surface area contributed by atoms with Gasteiger partial charge in [0.05, 0.1) is 11.8 Å². The third-order valence-electron chi connectivity index (χ3n) is 4.95. The lowest BCUT2D eigenvalue weighted by molar-refractivity contribution is -0.158. The zero-order chi connectivity index (χ0) is 14.9. The van der Waals surface area contributed by atoms with Gasteiger partial charge in [0.2, 0.25) is 0 Å². The molecule has 4 unspecified atom stereocenters. The summed E-state index contributed by atoms with van der Waals surface area (Å²) in [5.74, 6) is -2.11. The maximum atomic E-state index is 11.3. The van der Waals surface area contributed by atoms with Gasteiger partial charge in [0.1, 0.15) is 0 Å². The first-order valence-corrected chi connectivity index (χ1v) is 7.58. The van der Waals surface area contributed by atoms with E-state index >= 15 is 0 Å². The van der Waals surface area contributed by atoms with Crippen molar-refractivity contribution in [3.63, 3.8) is 0 Å². The van der Waals surface area contributed by atoms with Crippen LogP contribution in [0.25, 0.3) is 0 Å². The molecule has 2 fully saturated rings. The molecule has 0 radical (unpaired) electrons. The number of piperidine rings is 1. The molecule has 1 aliphatic heterocycles. The Labute approximate surface area is 120 Å². The van der Waals surface area contributed by atoms with Gasteiger partial charge in [-0.2, -0.15) is 0 Å². The zero-order valence-electron chi connectivity index (χ0n) is 12.3. The van der Waals surface area contributed by atoms with Crippen LogP contribution in [0.5, 0.6) is 0 Å². The van der Waals surface area contributed by atoms with Gasteiger partial charge in [-0.25, -0.2) is 0 Å². The fourth-order valence-electron chi connectivity index (χ4n) is 4.06. The Morgan fingerprint density at radius 3 is 2.00 bits per heavy atom. The summed E-state index contributed by atoms with van der Waals surface area (Å²) in [5, 5.41) is 18.4. The highest BCUT2D eigenvalue weighted by atomic mass is 16.4. The van der Waals surface area contributed by atoms with E-state index in [2.05, 4.69) is 18.7 Å². The second-order valence-corrected chi connectivity index (χ2v) is 6.74. The summed E-state index contributed by atoms with van der Waals surface area (Å²) in [4.78, 5) is 24.7. The third kappa shape index (κ3) is 3.32. The first-order valence-electron chi connectivity index (χ1n) is 7.58. The summed E-state index contributed by atoms with van der Waals surface area (Å²) in [5.41, 5.74) is 0. The van der Waals surface area contributed by atoms with Gasteiger partial charge >= 0.3 is 11.9 Å². The van der Waals surface area contributed by atoms with Crippen LogP contribution in [0, 0.1) is 23.7 Å². The molecule has 2 N–H and O–H groups in total. The number of likely N-dealkylation sites (tertiary alicyclic amines) is 1. The molecule has 0 bridgehead atoms. The van der Waals surface area contributed by atoms with Crippen molar-refractivity contribution in [2.24, 2.45) is 23.7 Å². The largest absolute Gasteiger partial charge is 0.481 e. The fourth-order valence-corrected chi connectivity index (χ4v) is 4.06. The Balaban J connectivity index is 2.04. The number of nitrogens with zero attached hydrogens (tertiary/aromatic N) is 1. The van der Waals surface area contributed by atoms with Crippen molar-refractivity contribution >= 4 is 11.9 Å². The number of carboxylic acid groups (broad SMARTS) is 2. The Kier molecular flexibility index (Phi) is 4.68. The lowest BCUT2D eigenvalue weighted by Gasteiger charge is -2.43. The highest BCUT2D eigenvalue weighted by Gasteiger charge is 2.41. The van der Waals surface area contributed by atoms with Crippen molar-refractivity contribution in [1.82, 2.24) is 4.90 Å². The van der Waals surface area contributed by atoms with E-state index in [1.807, 2.05) is 0 Å². The van der Waals surface area contributed by atoms with Crippen LogP contribution in [-0.4, -0.2) is 46.2 Å². The minimum absolute atomic E-state index is 0.385. The lowest BCUT2D eigenvalue weighted by atomic mass is 9.77. The smallest absolute Gasteiger partial charge is 0.308 e. The SMILES string of the molecule is CC1CC(C)CC(N2CCC(C(=O)O)C(C(=O)O)C2)C1. The van der Waals surface area contributed by atoms with Crippen molar-refractivity contribution in [2.75, 3.05) is 13.1 Å². The van der Waals surface area contributed by atoms with E-state index in [1.165, 1.54) is 6.42 Å². The van der Waals surface area contributed by atoms with Gasteiger partial charge in [0, 0.05) is 12.6 Å². The normalized spacial score (nSPS) is 39.4. The monoisotopic (exact) mass is 283 g/mol. The van der Waals surface area contributed by atoms with Crippen molar-refractivity contribution in [3.05, 3.63) is 0 Å². The molecule has 0 aromatic heterocycles. The van der Waals surface area contributed by atoms with Gasteiger partial charge in [-0.1, -0.05) is 13.8 Å². The minimum atomic E-state index is -0.973. The molecular weight excluding hydrogens is 258 g/mol. The van der Waals surface area contributed by atoms with Gasteiger partial charge in [0.25, 0.3) is 0 Å². The molecule has 1 aliphatic carbocycles. The Bertz CT molecular complexity index is 374. The van der Waals surface area contributed by atoms with Crippen molar-refractivity contribution in [3.8, 4) is 0 Å². The maximum absolute atomic E-state index is 11.3. The molecule has 0 aromatic carbocycles. The summed E-state index contributed by atoms with van der Waals surface area (Å²) < 4.78 is 0. The highest BCUT2D eigenvalue weighted by Crippen LogP contribution is 2.34. The summed E-state index contributed by atoms with van der Waals surface area (Å²) >= 11 is 0. The molecule has 1 saturated carbocycles. The predicted molar refractivity (Wildman–Crippen MR) is 74.4 cm³/mol. The van der Waals surface area contributed by atoms with Crippen LogP contribution in [0.3, 0.4) is 0 Å². The molecule has 5 nitrogen and oxygen atoms in total. The number of carbonyl (C=O) groups is 2. The van der Waals surface area contributed by atoms with Crippen LogP contribution in [0.15, 0.2) is 0 Å². The average Bonchev–Trinajstić information content (AvgIpc) is 2.36. The van der Waals surface area contributed by atoms with Crippen LogP contribution < -0.4 is 0 Å². The zero-order valence-corrected chi connectivity index (χ0v) is 12.3. The first-order chi connectivity index (χ1) is 9.38. The Morgan fingerprint density at radius 2 is 1.50 bits per heavy atom. The van der Waals surface area contributed by atoms with E-state index in [0.29, 0.717) is 37.4 Å². The molecule has 0 spiro atoms. The second kappa shape index (κ2) is 6.12. The molecule has 2 rings (SSSR count). The van der Waals surface area contributed by atoms with Gasteiger partial charge in [-0.05, 0) is 44.1 Å². The first kappa shape index (κ1) is 15.3. The molecular formula is C15H25NO4. The van der Waals surface area contributed by atoms with Crippen LogP contribution in [0.4, 0.5) is 0 Å². The quantitative estimate of drug-likeness (QED) is 0.827. The summed E-state index contributed by atoms with van der Waals surface area (Å²) in [7, 11) is 0. The minimum Gasteiger partial charge on any atom is -0.481 e. The van der Waals surface area contributed by atoms with Crippen molar-refractivity contribution in [1.29, 1.82) is 0 Å². The highest BCUT2D eigenvalue weighted by molar-refractivity contribution is 5.80. The number of rotatable bonds is 3. The Hall–Kier alpha value is -1.10. The predicted octanol–water partition coefficient (Wildman–Crippen LogP) is 1.92. The van der Waals surface area contributed by atoms with Crippen LogP contribution >= 0.6 is 0 Å². The molecule has 1 heterocycles. The van der Waals surface area contributed by atoms with Gasteiger partial charge in [0.15, 0.2) is 0 Å². The number of aliphatic carboxylic acids is 2. The lowest BCUT2D eigenvalue weighted by Crippen LogP contribution is -2.51. The standard InChI is InChI=1S/C15H25NO4/c1-9-5-10(2)7-11(6-9)16-4-3-12(14(17)18)13(8-16)15(19)20/h9-13H,3-8H2,1-2H3,(H,17,18)(H,19,20). The molecule has 0 aromatic rings. The van der Waals surface area contributed by atoms with Gasteiger partial charge in [-0.3, -0.25) is 14.5 Å². The number of hydrogen-bond donors (Lipinski definition) is 2. The Morgan fingerprint density at radius 1 is 0.950 bits per heavy atom. The van der Waals surface area contributed by atoms with E-state index in [9.17, 15) is 14.7 Å². The molecule has 5 heteroatoms. The summed E-state index contributed by atoms with van der Waals surface area (Å²) in [6, 6.07) is 0.422. The van der Waals surface area contributed by atoms with Gasteiger partial charge in [-0.15, -0.1) is 0 Å². The van der Waals surface area contributed by atoms with E-state index in [1.54, 1.807) is 0 Å². The molecule has 0 amide bonds. The van der Waals surface area contributed by atoms with Crippen LogP contribution in [-0.2, 0) is 9.59 Å².